The highest BCUT2D eigenvalue weighted by Gasteiger charge is 2.52. The fourth-order valence-electron chi connectivity index (χ4n) is 2.56. The molecule has 0 saturated carbocycles. The fourth-order valence-corrected chi connectivity index (χ4v) is 2.56. The predicted molar refractivity (Wildman–Crippen MR) is 95.8 cm³/mol. The van der Waals surface area contributed by atoms with Crippen molar-refractivity contribution in [2.75, 3.05) is 19.3 Å². The summed E-state index contributed by atoms with van der Waals surface area (Å²) in [6, 6.07) is 5.03. The Morgan fingerprint density at radius 3 is 2.38 bits per heavy atom. The lowest BCUT2D eigenvalue weighted by Gasteiger charge is -2.32. The molecule has 0 aromatic heterocycles. The van der Waals surface area contributed by atoms with Crippen molar-refractivity contribution in [2.24, 2.45) is 0 Å². The van der Waals surface area contributed by atoms with Crippen molar-refractivity contribution in [3.05, 3.63) is 34.8 Å². The summed E-state index contributed by atoms with van der Waals surface area (Å²) in [6.45, 7) is 8.42. The van der Waals surface area contributed by atoms with E-state index in [4.69, 9.17) is 15.0 Å². The van der Waals surface area contributed by atoms with Crippen molar-refractivity contribution in [2.45, 2.75) is 38.9 Å². The van der Waals surface area contributed by atoms with Gasteiger partial charge in [-0.15, -0.1) is 0 Å². The molecule has 1 aromatic carbocycles. The number of nitrogens with one attached hydrogen (secondary N) is 1. The molecule has 0 amide bonds. The van der Waals surface area contributed by atoms with Gasteiger partial charge in [-0.05, 0) is 51.8 Å². The Balaban J connectivity index is 2.45. The molecule has 0 aliphatic carbocycles. The van der Waals surface area contributed by atoms with Crippen LogP contribution in [-0.4, -0.2) is 43.0 Å². The Morgan fingerprint density at radius 1 is 1.29 bits per heavy atom. The topological polar surface area (TPSA) is 93.8 Å². The first-order chi connectivity index (χ1) is 11.1. The second kappa shape index (κ2) is 6.59. The molecule has 6 nitrogen and oxygen atoms in total. The lowest BCUT2D eigenvalue weighted by atomic mass is 9.76. The number of hydrogen-bond acceptors (Lipinski definition) is 5. The van der Waals surface area contributed by atoms with Crippen LogP contribution in [0.15, 0.2) is 23.7 Å². The lowest BCUT2D eigenvalue weighted by Crippen LogP contribution is -2.41. The first kappa shape index (κ1) is 18.5. The first-order valence-electron chi connectivity index (χ1n) is 7.91. The van der Waals surface area contributed by atoms with Gasteiger partial charge in [0.05, 0.1) is 16.8 Å². The van der Waals surface area contributed by atoms with E-state index in [1.165, 1.54) is 0 Å². The Kier molecular flexibility index (Phi) is 5.08. The zero-order chi connectivity index (χ0) is 18.1. The monoisotopic (exact) mass is 332 g/mol. The maximum Gasteiger partial charge on any atom is 0.491 e. The normalized spacial score (nSPS) is 19.5. The van der Waals surface area contributed by atoms with E-state index in [0.29, 0.717) is 12.1 Å². The van der Waals surface area contributed by atoms with Crippen LogP contribution in [0.2, 0.25) is 0 Å². The minimum atomic E-state index is -1.06. The predicted octanol–water partition coefficient (Wildman–Crippen LogP) is 2.20. The van der Waals surface area contributed by atoms with Crippen molar-refractivity contribution in [3.63, 3.8) is 0 Å². The Bertz CT molecular complexity index is 655. The third kappa shape index (κ3) is 3.48. The van der Waals surface area contributed by atoms with Crippen molar-refractivity contribution in [1.82, 2.24) is 5.32 Å². The average Bonchev–Trinajstić information content (AvgIpc) is 2.66. The number of nitrogens with two attached hydrogens (primary N) is 1. The van der Waals surface area contributed by atoms with Crippen LogP contribution < -0.4 is 11.1 Å². The molecule has 7 heteroatoms. The number of benzene rings is 1. The Morgan fingerprint density at radius 2 is 1.88 bits per heavy atom. The highest BCUT2D eigenvalue weighted by molar-refractivity contribution is 6.56. The van der Waals surface area contributed by atoms with Crippen molar-refractivity contribution in [1.29, 1.82) is 0 Å². The summed E-state index contributed by atoms with van der Waals surface area (Å²) >= 11 is 0. The molecule has 1 fully saturated rings. The molecule has 1 aliphatic heterocycles. The maximum absolute atomic E-state index is 11.5. The van der Waals surface area contributed by atoms with Gasteiger partial charge >= 0.3 is 13.1 Å². The Hall–Kier alpha value is -1.83. The standard InChI is InChI=1S/C17H25BN2O4/c1-16(2)17(3,4)24-18(23-16)12(10-20-5)9-11-7-6-8-13(19)14(11)15(21)22/h6-9,20H,10,19H2,1-5H3,(H,21,22). The van der Waals surface area contributed by atoms with Crippen LogP contribution in [0.4, 0.5) is 5.69 Å². The van der Waals surface area contributed by atoms with Crippen molar-refractivity contribution < 1.29 is 19.2 Å². The summed E-state index contributed by atoms with van der Waals surface area (Å²) in [4.78, 5) is 11.5. The molecule has 24 heavy (non-hydrogen) atoms. The van der Waals surface area contributed by atoms with E-state index in [1.54, 1.807) is 24.3 Å². The van der Waals surface area contributed by atoms with Gasteiger partial charge in [-0.2, -0.15) is 0 Å². The second-order valence-electron chi connectivity index (χ2n) is 6.95. The van der Waals surface area contributed by atoms with E-state index < -0.39 is 24.3 Å². The zero-order valence-electron chi connectivity index (χ0n) is 14.8. The van der Waals surface area contributed by atoms with E-state index in [0.717, 1.165) is 5.47 Å². The maximum atomic E-state index is 11.5. The first-order valence-corrected chi connectivity index (χ1v) is 7.91. The summed E-state index contributed by atoms with van der Waals surface area (Å²) in [5.41, 5.74) is 6.55. The van der Waals surface area contributed by atoms with Crippen LogP contribution in [0.1, 0.15) is 43.6 Å². The van der Waals surface area contributed by atoms with Gasteiger partial charge in [-0.25, -0.2) is 4.79 Å². The number of carbonyl (C=O) groups is 1. The summed E-state index contributed by atoms with van der Waals surface area (Å²) in [5, 5.41) is 12.5. The summed E-state index contributed by atoms with van der Waals surface area (Å²) in [7, 11) is 1.27. The fraction of sp³-hybridized carbons (Fsp3) is 0.471. The summed E-state index contributed by atoms with van der Waals surface area (Å²) in [6.07, 6.45) is 1.78. The number of rotatable bonds is 5. The average molecular weight is 332 g/mol. The number of carboxylic acids is 1. The number of nitrogen functional groups attached to an aromatic ring is 1. The smallest absolute Gasteiger partial charge is 0.478 e. The van der Waals surface area contributed by atoms with Crippen LogP contribution in [0, 0.1) is 0 Å². The van der Waals surface area contributed by atoms with Gasteiger partial charge in [0, 0.05) is 12.2 Å². The quantitative estimate of drug-likeness (QED) is 0.565. The van der Waals surface area contributed by atoms with Crippen LogP contribution >= 0.6 is 0 Å². The largest absolute Gasteiger partial charge is 0.491 e. The summed E-state index contributed by atoms with van der Waals surface area (Å²) in [5.74, 6) is -1.06. The van der Waals surface area contributed by atoms with Crippen LogP contribution in [0.3, 0.4) is 0 Å². The zero-order valence-corrected chi connectivity index (χ0v) is 14.8. The van der Waals surface area contributed by atoms with Gasteiger partial charge in [0.25, 0.3) is 0 Å². The van der Waals surface area contributed by atoms with Gasteiger partial charge in [-0.3, -0.25) is 0 Å². The minimum Gasteiger partial charge on any atom is -0.478 e. The molecule has 4 N–H and O–H groups in total. The molecule has 0 radical (unpaired) electrons. The van der Waals surface area contributed by atoms with Crippen LogP contribution in [0.5, 0.6) is 0 Å². The minimum absolute atomic E-state index is 0.0858. The molecule has 1 heterocycles. The van der Waals surface area contributed by atoms with Crippen LogP contribution in [0.25, 0.3) is 6.08 Å². The van der Waals surface area contributed by atoms with E-state index >= 15 is 0 Å². The lowest BCUT2D eigenvalue weighted by molar-refractivity contribution is 0.00578. The molecule has 0 unspecified atom stereocenters. The molecule has 0 spiro atoms. The van der Waals surface area contributed by atoms with Gasteiger partial charge in [0.15, 0.2) is 0 Å². The van der Waals surface area contributed by atoms with E-state index in [-0.39, 0.29) is 11.3 Å². The highest BCUT2D eigenvalue weighted by Crippen LogP contribution is 2.38. The van der Waals surface area contributed by atoms with E-state index in [2.05, 4.69) is 5.32 Å². The SMILES string of the molecule is CNCC(=Cc1cccc(N)c1C(=O)O)B1OC(C)(C)C(C)(C)O1. The molecule has 130 valence electrons. The number of likely N-dealkylation sites (N-methyl/N-ethyl adjacent to an activating group) is 1. The Labute approximate surface area is 143 Å². The van der Waals surface area contributed by atoms with Gasteiger partial charge in [-0.1, -0.05) is 18.2 Å². The number of hydrogen-bond donors (Lipinski definition) is 3. The van der Waals surface area contributed by atoms with E-state index in [9.17, 15) is 9.90 Å². The highest BCUT2D eigenvalue weighted by atomic mass is 16.7. The molecule has 1 aliphatic rings. The summed E-state index contributed by atoms with van der Waals surface area (Å²) < 4.78 is 12.1. The number of anilines is 1. The van der Waals surface area contributed by atoms with Gasteiger partial charge in [0.1, 0.15) is 0 Å². The van der Waals surface area contributed by atoms with Crippen LogP contribution in [-0.2, 0) is 9.31 Å². The molecule has 1 aromatic rings. The second-order valence-corrected chi connectivity index (χ2v) is 6.95. The molecule has 2 rings (SSSR count). The third-order valence-corrected chi connectivity index (χ3v) is 4.62. The molecular formula is C17H25BN2O4. The third-order valence-electron chi connectivity index (χ3n) is 4.62. The number of aromatic carboxylic acids is 1. The van der Waals surface area contributed by atoms with Gasteiger partial charge in [0.2, 0.25) is 0 Å². The molecule has 0 bridgehead atoms. The molecular weight excluding hydrogens is 307 g/mol. The van der Waals surface area contributed by atoms with Crippen molar-refractivity contribution in [3.8, 4) is 0 Å². The van der Waals surface area contributed by atoms with E-state index in [1.807, 2.05) is 34.7 Å². The molecule has 0 atom stereocenters. The molecule has 1 saturated heterocycles. The van der Waals surface area contributed by atoms with Gasteiger partial charge < -0.3 is 25.5 Å². The number of carboxylic acid groups (broad SMARTS) is 1. The van der Waals surface area contributed by atoms with Crippen molar-refractivity contribution >= 4 is 24.9 Å².